The van der Waals surface area contributed by atoms with Gasteiger partial charge >= 0.3 is 0 Å². The van der Waals surface area contributed by atoms with Crippen LogP contribution in [0.5, 0.6) is 0 Å². The molecule has 2 nitrogen and oxygen atoms in total. The Morgan fingerprint density at radius 2 is 1.94 bits per heavy atom. The molecule has 0 aliphatic rings. The van der Waals surface area contributed by atoms with Crippen molar-refractivity contribution in [1.29, 1.82) is 0 Å². The van der Waals surface area contributed by atoms with Crippen LogP contribution in [-0.2, 0) is 0 Å². The summed E-state index contributed by atoms with van der Waals surface area (Å²) in [5.41, 5.74) is 7.36. The normalized spacial score (nSPS) is 12.8. The van der Waals surface area contributed by atoms with E-state index in [2.05, 4.69) is 15.9 Å². The number of furan rings is 1. The quantitative estimate of drug-likeness (QED) is 0.914. The molecule has 90 valence electrons. The van der Waals surface area contributed by atoms with Crippen molar-refractivity contribution in [1.82, 2.24) is 0 Å². The zero-order chi connectivity index (χ0) is 12.6. The largest absolute Gasteiger partial charge is 0.466 e. The number of aryl methyl sites for hydroxylation is 2. The van der Waals surface area contributed by atoms with E-state index >= 15 is 0 Å². The van der Waals surface area contributed by atoms with Crippen LogP contribution >= 0.6 is 15.9 Å². The average molecular weight is 298 g/mol. The van der Waals surface area contributed by atoms with Crippen molar-refractivity contribution in [3.63, 3.8) is 0 Å². The zero-order valence-electron chi connectivity index (χ0n) is 9.63. The highest BCUT2D eigenvalue weighted by atomic mass is 79.9. The zero-order valence-corrected chi connectivity index (χ0v) is 11.2. The van der Waals surface area contributed by atoms with E-state index < -0.39 is 6.04 Å². The molecule has 0 aliphatic carbocycles. The minimum Gasteiger partial charge on any atom is -0.466 e. The van der Waals surface area contributed by atoms with Crippen LogP contribution in [0.15, 0.2) is 33.2 Å². The molecule has 0 fully saturated rings. The molecule has 0 bridgehead atoms. The third-order valence-corrected chi connectivity index (χ3v) is 3.21. The van der Waals surface area contributed by atoms with E-state index in [0.29, 0.717) is 10.0 Å². The smallest absolute Gasteiger partial charge is 0.129 e. The van der Waals surface area contributed by atoms with E-state index in [1.165, 1.54) is 6.07 Å². The summed E-state index contributed by atoms with van der Waals surface area (Å²) in [7, 11) is 0. The molecule has 1 aromatic carbocycles. The predicted octanol–water partition coefficient (Wildman–Crippen LogP) is 3.85. The van der Waals surface area contributed by atoms with Crippen LogP contribution in [0.25, 0.3) is 0 Å². The summed E-state index contributed by atoms with van der Waals surface area (Å²) >= 11 is 3.22. The van der Waals surface area contributed by atoms with E-state index in [4.69, 9.17) is 10.2 Å². The molecule has 1 heterocycles. The summed E-state index contributed by atoms with van der Waals surface area (Å²) in [6.45, 7) is 3.68. The third kappa shape index (κ3) is 2.42. The molecule has 1 atom stereocenters. The Hall–Kier alpha value is -1.13. The van der Waals surface area contributed by atoms with Gasteiger partial charge in [0.1, 0.15) is 17.3 Å². The lowest BCUT2D eigenvalue weighted by atomic mass is 9.99. The molecule has 2 aromatic rings. The van der Waals surface area contributed by atoms with Gasteiger partial charge < -0.3 is 10.2 Å². The molecule has 0 radical (unpaired) electrons. The van der Waals surface area contributed by atoms with Crippen LogP contribution in [0.3, 0.4) is 0 Å². The maximum Gasteiger partial charge on any atom is 0.129 e. The van der Waals surface area contributed by atoms with Gasteiger partial charge in [-0.15, -0.1) is 0 Å². The summed E-state index contributed by atoms with van der Waals surface area (Å²) in [4.78, 5) is 0. The van der Waals surface area contributed by atoms with Crippen LogP contribution < -0.4 is 5.73 Å². The fourth-order valence-electron chi connectivity index (χ4n) is 1.88. The molecular formula is C13H13BrFNO. The second kappa shape index (κ2) is 4.63. The van der Waals surface area contributed by atoms with Crippen LogP contribution in [0.4, 0.5) is 4.39 Å². The van der Waals surface area contributed by atoms with Crippen molar-refractivity contribution >= 4 is 15.9 Å². The van der Waals surface area contributed by atoms with Gasteiger partial charge in [0.05, 0.1) is 6.04 Å². The lowest BCUT2D eigenvalue weighted by Gasteiger charge is -2.12. The third-order valence-electron chi connectivity index (χ3n) is 2.71. The number of rotatable bonds is 2. The van der Waals surface area contributed by atoms with Crippen molar-refractivity contribution in [2.75, 3.05) is 0 Å². The molecule has 0 aliphatic heterocycles. The average Bonchev–Trinajstić information content (AvgIpc) is 2.57. The van der Waals surface area contributed by atoms with Gasteiger partial charge in [0.15, 0.2) is 0 Å². The van der Waals surface area contributed by atoms with Gasteiger partial charge in [0.25, 0.3) is 0 Å². The summed E-state index contributed by atoms with van der Waals surface area (Å²) in [6, 6.07) is 6.23. The topological polar surface area (TPSA) is 39.2 Å². The Bertz CT molecular complexity index is 550. The van der Waals surface area contributed by atoms with E-state index in [-0.39, 0.29) is 5.82 Å². The van der Waals surface area contributed by atoms with Gasteiger partial charge in [0, 0.05) is 15.6 Å². The first kappa shape index (κ1) is 12.3. The summed E-state index contributed by atoms with van der Waals surface area (Å²) in [5, 5.41) is 0. The number of halogens is 2. The molecule has 17 heavy (non-hydrogen) atoms. The van der Waals surface area contributed by atoms with Gasteiger partial charge in [-0.25, -0.2) is 4.39 Å². The van der Waals surface area contributed by atoms with Crippen LogP contribution in [-0.4, -0.2) is 0 Å². The minimum absolute atomic E-state index is 0.315. The lowest BCUT2D eigenvalue weighted by molar-refractivity contribution is 0.499. The molecule has 2 rings (SSSR count). The molecule has 1 aromatic heterocycles. The van der Waals surface area contributed by atoms with Crippen molar-refractivity contribution < 1.29 is 8.81 Å². The van der Waals surface area contributed by atoms with Gasteiger partial charge in [-0.05, 0) is 32.0 Å². The van der Waals surface area contributed by atoms with Crippen molar-refractivity contribution in [3.05, 3.63) is 57.2 Å². The summed E-state index contributed by atoms with van der Waals surface area (Å²) in [5.74, 6) is 1.20. The summed E-state index contributed by atoms with van der Waals surface area (Å²) in [6.07, 6.45) is 0. The number of nitrogens with two attached hydrogens (primary N) is 1. The first-order valence-electron chi connectivity index (χ1n) is 5.26. The number of benzene rings is 1. The maximum atomic E-state index is 13.8. The standard InChI is InChI=1S/C13H13BrFNO/c1-7-5-11(8(2)17-7)13(16)10-4-3-9(14)6-12(10)15/h3-6,13H,16H2,1-2H3. The number of hydrogen-bond acceptors (Lipinski definition) is 2. The van der Waals surface area contributed by atoms with E-state index in [1.54, 1.807) is 12.1 Å². The highest BCUT2D eigenvalue weighted by molar-refractivity contribution is 9.10. The SMILES string of the molecule is Cc1cc(C(N)c2ccc(Br)cc2F)c(C)o1. The first-order valence-corrected chi connectivity index (χ1v) is 6.06. The molecule has 0 spiro atoms. The van der Waals surface area contributed by atoms with Gasteiger partial charge in [0.2, 0.25) is 0 Å². The predicted molar refractivity (Wildman–Crippen MR) is 68.3 cm³/mol. The Labute approximate surface area is 108 Å². The monoisotopic (exact) mass is 297 g/mol. The fraction of sp³-hybridized carbons (Fsp3) is 0.231. The Morgan fingerprint density at radius 1 is 1.24 bits per heavy atom. The molecule has 2 N–H and O–H groups in total. The Kier molecular flexibility index (Phi) is 3.35. The van der Waals surface area contributed by atoms with Crippen molar-refractivity contribution in [3.8, 4) is 0 Å². The highest BCUT2D eigenvalue weighted by Gasteiger charge is 2.18. The lowest BCUT2D eigenvalue weighted by Crippen LogP contribution is -2.13. The number of hydrogen-bond donors (Lipinski definition) is 1. The molecule has 0 saturated carbocycles. The van der Waals surface area contributed by atoms with Gasteiger partial charge in [-0.3, -0.25) is 0 Å². The van der Waals surface area contributed by atoms with Crippen LogP contribution in [0, 0.1) is 19.7 Å². The van der Waals surface area contributed by atoms with Crippen LogP contribution in [0.2, 0.25) is 0 Å². The van der Waals surface area contributed by atoms with E-state index in [0.717, 1.165) is 17.1 Å². The second-order valence-corrected chi connectivity index (χ2v) is 4.93. The molecule has 1 unspecified atom stereocenters. The second-order valence-electron chi connectivity index (χ2n) is 4.01. The maximum absolute atomic E-state index is 13.8. The summed E-state index contributed by atoms with van der Waals surface area (Å²) < 4.78 is 19.9. The minimum atomic E-state index is -0.499. The van der Waals surface area contributed by atoms with Gasteiger partial charge in [-0.2, -0.15) is 0 Å². The molecule has 0 amide bonds. The van der Waals surface area contributed by atoms with Crippen LogP contribution in [0.1, 0.15) is 28.7 Å². The Balaban J connectivity index is 2.43. The molecule has 4 heteroatoms. The van der Waals surface area contributed by atoms with Crippen molar-refractivity contribution in [2.45, 2.75) is 19.9 Å². The highest BCUT2D eigenvalue weighted by Crippen LogP contribution is 2.28. The van der Waals surface area contributed by atoms with Gasteiger partial charge in [-0.1, -0.05) is 22.0 Å². The molecular weight excluding hydrogens is 285 g/mol. The first-order chi connectivity index (χ1) is 7.99. The Morgan fingerprint density at radius 3 is 2.47 bits per heavy atom. The molecule has 0 saturated heterocycles. The van der Waals surface area contributed by atoms with E-state index in [1.807, 2.05) is 19.9 Å². The van der Waals surface area contributed by atoms with Crippen molar-refractivity contribution in [2.24, 2.45) is 5.73 Å². The van der Waals surface area contributed by atoms with E-state index in [9.17, 15) is 4.39 Å². The fourth-order valence-corrected chi connectivity index (χ4v) is 2.21.